The third kappa shape index (κ3) is 2.51. The van der Waals surface area contributed by atoms with Gasteiger partial charge < -0.3 is 11.5 Å². The molecule has 92 valence electrons. The van der Waals surface area contributed by atoms with Crippen molar-refractivity contribution in [1.29, 1.82) is 0 Å². The second kappa shape index (κ2) is 4.12. The monoisotopic (exact) mass is 242 g/mol. The van der Waals surface area contributed by atoms with Crippen molar-refractivity contribution in [3.05, 3.63) is 0 Å². The molecule has 2 nitrogen and oxygen atoms in total. The van der Waals surface area contributed by atoms with Crippen LogP contribution in [0.5, 0.6) is 0 Å². The molecule has 15 heavy (non-hydrogen) atoms. The van der Waals surface area contributed by atoms with E-state index < -0.39 is 37.0 Å². The van der Waals surface area contributed by atoms with Gasteiger partial charge in [0.2, 0.25) is 0 Å². The van der Waals surface area contributed by atoms with Gasteiger partial charge in [0.1, 0.15) is 0 Å². The van der Waals surface area contributed by atoms with E-state index >= 15 is 0 Å². The molecular weight excluding hydrogens is 233 g/mol. The van der Waals surface area contributed by atoms with Gasteiger partial charge >= 0.3 is 18.0 Å². The number of alkyl halides is 7. The summed E-state index contributed by atoms with van der Waals surface area (Å²) in [5.74, 6) is -11.5. The zero-order valence-electron chi connectivity index (χ0n) is 7.29. The summed E-state index contributed by atoms with van der Waals surface area (Å²) in [6.45, 7) is -0.509. The Kier molecular flexibility index (Phi) is 3.97. The first-order valence-corrected chi connectivity index (χ1v) is 3.76. The summed E-state index contributed by atoms with van der Waals surface area (Å²) in [6.07, 6.45) is -7.18. The highest BCUT2D eigenvalue weighted by Crippen LogP contribution is 2.47. The summed E-state index contributed by atoms with van der Waals surface area (Å²) in [7, 11) is 0. The average molecular weight is 242 g/mol. The second-order valence-corrected chi connectivity index (χ2v) is 2.88. The van der Waals surface area contributed by atoms with Gasteiger partial charge in [0.05, 0.1) is 6.04 Å². The fraction of sp³-hybridized carbons (Fsp3) is 1.00. The molecule has 0 spiro atoms. The van der Waals surface area contributed by atoms with Crippen LogP contribution in [0.15, 0.2) is 0 Å². The molecule has 4 N–H and O–H groups in total. The maximum atomic E-state index is 12.6. The van der Waals surface area contributed by atoms with Crippen LogP contribution >= 0.6 is 0 Å². The predicted molar refractivity (Wildman–Crippen MR) is 37.6 cm³/mol. The van der Waals surface area contributed by atoms with Gasteiger partial charge in [0, 0.05) is 0 Å². The summed E-state index contributed by atoms with van der Waals surface area (Å²) in [4.78, 5) is 0. The number of rotatable bonds is 4. The lowest BCUT2D eigenvalue weighted by atomic mass is 10.0. The normalized spacial score (nSPS) is 16.6. The van der Waals surface area contributed by atoms with Crippen LogP contribution in [-0.4, -0.2) is 30.6 Å². The molecule has 1 atom stereocenters. The third-order valence-electron chi connectivity index (χ3n) is 1.72. The topological polar surface area (TPSA) is 52.0 Å². The van der Waals surface area contributed by atoms with Gasteiger partial charge in [-0.15, -0.1) is 0 Å². The lowest BCUT2D eigenvalue weighted by molar-refractivity contribution is -0.358. The van der Waals surface area contributed by atoms with Crippen LogP contribution in [-0.2, 0) is 0 Å². The molecule has 0 aliphatic carbocycles. The Morgan fingerprint density at radius 2 is 1.33 bits per heavy atom. The van der Waals surface area contributed by atoms with Crippen LogP contribution < -0.4 is 11.5 Å². The van der Waals surface area contributed by atoms with Crippen LogP contribution in [0.25, 0.3) is 0 Å². The molecule has 0 rings (SSSR count). The van der Waals surface area contributed by atoms with E-state index in [1.165, 1.54) is 0 Å². The average Bonchev–Trinajstić information content (AvgIpc) is 2.02. The van der Waals surface area contributed by atoms with Crippen molar-refractivity contribution in [2.45, 2.75) is 30.5 Å². The highest BCUT2D eigenvalue weighted by molar-refractivity contribution is 4.97. The van der Waals surface area contributed by atoms with Gasteiger partial charge in [-0.1, -0.05) is 0 Å². The van der Waals surface area contributed by atoms with Crippen molar-refractivity contribution in [3.8, 4) is 0 Å². The van der Waals surface area contributed by atoms with Crippen molar-refractivity contribution in [1.82, 2.24) is 0 Å². The zero-order valence-corrected chi connectivity index (χ0v) is 7.29. The molecule has 0 radical (unpaired) electrons. The Hall–Kier alpha value is -0.570. The first kappa shape index (κ1) is 14.4. The van der Waals surface area contributed by atoms with Gasteiger partial charge in [-0.05, 0) is 13.0 Å². The van der Waals surface area contributed by atoms with Crippen molar-refractivity contribution < 1.29 is 30.7 Å². The molecule has 0 bridgehead atoms. The minimum absolute atomic E-state index is 0.509. The molecule has 0 saturated heterocycles. The summed E-state index contributed by atoms with van der Waals surface area (Å²) < 4.78 is 84.7. The smallest absolute Gasteiger partial charge is 0.330 e. The highest BCUT2D eigenvalue weighted by atomic mass is 19.4. The number of hydrogen-bond donors (Lipinski definition) is 2. The SMILES string of the molecule is NCC[C@H](N)C(F)(F)C(F)(F)C(F)(F)F. The van der Waals surface area contributed by atoms with Crippen LogP contribution in [0.1, 0.15) is 6.42 Å². The first-order chi connectivity index (χ1) is 6.48. The summed E-state index contributed by atoms with van der Waals surface area (Å²) in [5.41, 5.74) is 9.27. The number of nitrogens with two attached hydrogens (primary N) is 2. The minimum atomic E-state index is -6.34. The zero-order chi connectivity index (χ0) is 12.5. The van der Waals surface area contributed by atoms with Crippen LogP contribution in [0, 0.1) is 0 Å². The van der Waals surface area contributed by atoms with E-state index in [0.717, 1.165) is 0 Å². The van der Waals surface area contributed by atoms with E-state index in [-0.39, 0.29) is 0 Å². The van der Waals surface area contributed by atoms with Gasteiger partial charge in [0.15, 0.2) is 0 Å². The Bertz CT molecular complexity index is 212. The van der Waals surface area contributed by atoms with E-state index in [0.29, 0.717) is 0 Å². The van der Waals surface area contributed by atoms with E-state index in [1.807, 2.05) is 0 Å². The van der Waals surface area contributed by atoms with E-state index in [9.17, 15) is 30.7 Å². The molecule has 0 fully saturated rings. The molecule has 0 aromatic carbocycles. The lowest BCUT2D eigenvalue weighted by Crippen LogP contribution is -2.60. The standard InChI is InChI=1S/C6H9F7N2/c7-4(8,3(15)1-2-14)5(9,10)6(11,12)13/h3H,1-2,14-15H2/t3-/m0/s1. The predicted octanol–water partition coefficient (Wildman–Crippen LogP) is 1.50. The number of halogens is 7. The van der Waals surface area contributed by atoms with Crippen molar-refractivity contribution in [3.63, 3.8) is 0 Å². The highest BCUT2D eigenvalue weighted by Gasteiger charge is 2.74. The maximum absolute atomic E-state index is 12.6. The van der Waals surface area contributed by atoms with Crippen molar-refractivity contribution >= 4 is 0 Å². The molecule has 0 aliphatic heterocycles. The molecular formula is C6H9F7N2. The molecule has 0 unspecified atom stereocenters. The Labute approximate surface area is 80.4 Å². The molecule has 9 heteroatoms. The van der Waals surface area contributed by atoms with Crippen LogP contribution in [0.2, 0.25) is 0 Å². The molecule has 0 amide bonds. The van der Waals surface area contributed by atoms with Gasteiger partial charge in [-0.25, -0.2) is 0 Å². The van der Waals surface area contributed by atoms with Gasteiger partial charge in [-0.3, -0.25) is 0 Å². The molecule has 0 aliphatic rings. The van der Waals surface area contributed by atoms with Gasteiger partial charge in [-0.2, -0.15) is 30.7 Å². The number of hydrogen-bond acceptors (Lipinski definition) is 2. The minimum Gasteiger partial charge on any atom is -0.330 e. The summed E-state index contributed by atoms with van der Waals surface area (Å²) >= 11 is 0. The molecule has 0 aromatic rings. The Balaban J connectivity index is 5.00. The van der Waals surface area contributed by atoms with Gasteiger partial charge in [0.25, 0.3) is 0 Å². The van der Waals surface area contributed by atoms with E-state index in [2.05, 4.69) is 5.73 Å². The maximum Gasteiger partial charge on any atom is 0.459 e. The Morgan fingerprint density at radius 1 is 0.933 bits per heavy atom. The molecule has 0 aromatic heterocycles. The first-order valence-electron chi connectivity index (χ1n) is 3.76. The van der Waals surface area contributed by atoms with Crippen LogP contribution in [0.4, 0.5) is 30.7 Å². The third-order valence-corrected chi connectivity index (χ3v) is 1.72. The summed E-state index contributed by atoms with van der Waals surface area (Å²) in [6, 6.07) is -2.64. The largest absolute Gasteiger partial charge is 0.459 e. The molecule has 0 heterocycles. The van der Waals surface area contributed by atoms with E-state index in [1.54, 1.807) is 0 Å². The lowest BCUT2D eigenvalue weighted by Gasteiger charge is -2.31. The summed E-state index contributed by atoms with van der Waals surface area (Å²) in [5, 5.41) is 0. The fourth-order valence-electron chi connectivity index (χ4n) is 0.783. The second-order valence-electron chi connectivity index (χ2n) is 2.88. The molecule has 0 saturated carbocycles. The van der Waals surface area contributed by atoms with Crippen molar-refractivity contribution in [2.24, 2.45) is 11.5 Å². The quantitative estimate of drug-likeness (QED) is 0.734. The Morgan fingerprint density at radius 3 is 1.60 bits per heavy atom. The fourth-order valence-corrected chi connectivity index (χ4v) is 0.783. The van der Waals surface area contributed by atoms with Crippen molar-refractivity contribution in [2.75, 3.05) is 6.54 Å². The van der Waals surface area contributed by atoms with E-state index in [4.69, 9.17) is 5.73 Å². The van der Waals surface area contributed by atoms with Crippen LogP contribution in [0.3, 0.4) is 0 Å².